The third-order valence-corrected chi connectivity index (χ3v) is 4.32. The quantitative estimate of drug-likeness (QED) is 0.790. The number of cyclic esters (lactones) is 1. The van der Waals surface area contributed by atoms with Crippen molar-refractivity contribution in [3.63, 3.8) is 0 Å². The van der Waals surface area contributed by atoms with Gasteiger partial charge in [0, 0.05) is 6.42 Å². The third-order valence-electron chi connectivity index (χ3n) is 3.14. The van der Waals surface area contributed by atoms with E-state index in [4.69, 9.17) is 9.47 Å². The molecule has 0 radical (unpaired) electrons. The summed E-state index contributed by atoms with van der Waals surface area (Å²) < 4.78 is 11.9. The Balaban J connectivity index is 1.95. The molecule has 1 aliphatic rings. The minimum absolute atomic E-state index is 0.217. The van der Waals surface area contributed by atoms with Crippen molar-refractivity contribution in [1.82, 2.24) is 20.2 Å². The van der Waals surface area contributed by atoms with E-state index < -0.39 is 0 Å². The lowest BCUT2D eigenvalue weighted by molar-refractivity contribution is -0.137. The van der Waals surface area contributed by atoms with Crippen LogP contribution in [0.4, 0.5) is 0 Å². The largest absolute Gasteiger partial charge is 0.494 e. The molecule has 1 atom stereocenters. The summed E-state index contributed by atoms with van der Waals surface area (Å²) in [6, 6.07) is 5.75. The number of hydrogen-bond acceptors (Lipinski definition) is 7. The smallest absolute Gasteiger partial charge is 0.319 e. The van der Waals surface area contributed by atoms with Gasteiger partial charge in [-0.2, -0.15) is 4.68 Å². The first-order chi connectivity index (χ1) is 10.2. The number of ether oxygens (including phenoxy) is 2. The summed E-state index contributed by atoms with van der Waals surface area (Å²) in [4.78, 5) is 11.6. The first-order valence-electron chi connectivity index (χ1n) is 6.45. The first-order valence-corrected chi connectivity index (χ1v) is 7.33. The van der Waals surface area contributed by atoms with Crippen LogP contribution in [-0.4, -0.2) is 45.1 Å². The summed E-state index contributed by atoms with van der Waals surface area (Å²) in [7, 11) is 1.60. The number of aromatic nitrogens is 4. The van der Waals surface area contributed by atoms with Crippen LogP contribution >= 0.6 is 11.8 Å². The van der Waals surface area contributed by atoms with E-state index in [0.717, 1.165) is 11.3 Å². The van der Waals surface area contributed by atoms with E-state index in [9.17, 15) is 4.79 Å². The maximum atomic E-state index is 11.6. The molecule has 1 fully saturated rings. The molecule has 1 aromatic heterocycles. The first kappa shape index (κ1) is 13.9. The summed E-state index contributed by atoms with van der Waals surface area (Å²) in [6.45, 7) is 2.43. The van der Waals surface area contributed by atoms with E-state index in [1.807, 2.05) is 25.1 Å². The van der Waals surface area contributed by atoms with Gasteiger partial charge in [-0.3, -0.25) is 4.79 Å². The van der Waals surface area contributed by atoms with Crippen LogP contribution < -0.4 is 4.74 Å². The highest BCUT2D eigenvalue weighted by atomic mass is 32.2. The molecule has 0 spiro atoms. The standard InChI is InChI=1S/C13H14N4O3S/c1-8-3-4-10(19-2)9(7-8)17-13(14-15-16-17)21-11-5-6-20-12(11)18/h3-4,7,11H,5-6H2,1-2H3/t11-/m0/s1. The molecular weight excluding hydrogens is 292 g/mol. The van der Waals surface area contributed by atoms with Gasteiger partial charge in [0.25, 0.3) is 0 Å². The van der Waals surface area contributed by atoms with Gasteiger partial charge in [0.15, 0.2) is 0 Å². The summed E-state index contributed by atoms with van der Waals surface area (Å²) in [6.07, 6.45) is 0.668. The number of carbonyl (C=O) groups excluding carboxylic acids is 1. The zero-order valence-electron chi connectivity index (χ0n) is 11.6. The molecule has 8 heteroatoms. The Labute approximate surface area is 125 Å². The molecule has 3 rings (SSSR count). The van der Waals surface area contributed by atoms with Gasteiger partial charge in [0.05, 0.1) is 13.7 Å². The predicted molar refractivity (Wildman–Crippen MR) is 75.7 cm³/mol. The maximum Gasteiger partial charge on any atom is 0.319 e. The molecule has 0 N–H and O–H groups in total. The van der Waals surface area contributed by atoms with Crippen molar-refractivity contribution in [3.8, 4) is 11.4 Å². The van der Waals surface area contributed by atoms with Crippen LogP contribution in [0.15, 0.2) is 23.4 Å². The van der Waals surface area contributed by atoms with Gasteiger partial charge >= 0.3 is 5.97 Å². The van der Waals surface area contributed by atoms with Gasteiger partial charge in [-0.05, 0) is 35.0 Å². The summed E-state index contributed by atoms with van der Waals surface area (Å²) >= 11 is 1.31. The number of carbonyl (C=O) groups is 1. The second-order valence-corrected chi connectivity index (χ2v) is 5.78. The number of nitrogens with zero attached hydrogens (tertiary/aromatic N) is 4. The van der Waals surface area contributed by atoms with Crippen molar-refractivity contribution in [2.45, 2.75) is 23.8 Å². The van der Waals surface area contributed by atoms with Gasteiger partial charge in [0.1, 0.15) is 16.7 Å². The van der Waals surface area contributed by atoms with Gasteiger partial charge in [-0.25, -0.2) is 0 Å². The van der Waals surface area contributed by atoms with Crippen molar-refractivity contribution in [2.75, 3.05) is 13.7 Å². The van der Waals surface area contributed by atoms with Crippen molar-refractivity contribution in [1.29, 1.82) is 0 Å². The summed E-state index contributed by atoms with van der Waals surface area (Å²) in [5, 5.41) is 12.0. The number of rotatable bonds is 4. The number of hydrogen-bond donors (Lipinski definition) is 0. The lowest BCUT2D eigenvalue weighted by Crippen LogP contribution is -2.11. The number of thioether (sulfide) groups is 1. The molecular formula is C13H14N4O3S. The molecule has 1 aromatic carbocycles. The second-order valence-electron chi connectivity index (χ2n) is 4.61. The zero-order valence-corrected chi connectivity index (χ0v) is 12.5. The van der Waals surface area contributed by atoms with Crippen LogP contribution in [0.3, 0.4) is 0 Å². The Morgan fingerprint density at radius 1 is 1.48 bits per heavy atom. The van der Waals surface area contributed by atoms with Gasteiger partial charge < -0.3 is 9.47 Å². The molecule has 110 valence electrons. The molecule has 7 nitrogen and oxygen atoms in total. The van der Waals surface area contributed by atoms with Gasteiger partial charge in [-0.15, -0.1) is 5.10 Å². The average molecular weight is 306 g/mol. The molecule has 2 aromatic rings. The summed E-state index contributed by atoms with van der Waals surface area (Å²) in [5.41, 5.74) is 1.81. The minimum Gasteiger partial charge on any atom is -0.494 e. The van der Waals surface area contributed by atoms with Crippen molar-refractivity contribution in [3.05, 3.63) is 23.8 Å². The average Bonchev–Trinajstić information content (AvgIpc) is 3.09. The Morgan fingerprint density at radius 2 is 2.33 bits per heavy atom. The molecule has 0 aliphatic carbocycles. The zero-order chi connectivity index (χ0) is 14.8. The maximum absolute atomic E-state index is 11.6. The fourth-order valence-corrected chi connectivity index (χ4v) is 3.03. The lowest BCUT2D eigenvalue weighted by Gasteiger charge is -2.11. The van der Waals surface area contributed by atoms with Crippen LogP contribution in [0.1, 0.15) is 12.0 Å². The summed E-state index contributed by atoms with van der Waals surface area (Å²) in [5.74, 6) is 0.453. The van der Waals surface area contributed by atoms with E-state index >= 15 is 0 Å². The van der Waals surface area contributed by atoms with E-state index in [2.05, 4.69) is 15.5 Å². The van der Waals surface area contributed by atoms with E-state index in [1.165, 1.54) is 11.8 Å². The number of tetrazole rings is 1. The Morgan fingerprint density at radius 3 is 3.05 bits per heavy atom. The minimum atomic E-state index is -0.259. The van der Waals surface area contributed by atoms with Crippen LogP contribution in [0.25, 0.3) is 5.69 Å². The molecule has 0 bridgehead atoms. The molecule has 2 heterocycles. The second kappa shape index (κ2) is 5.72. The Hall–Kier alpha value is -2.09. The molecule has 0 amide bonds. The van der Waals surface area contributed by atoms with Crippen molar-refractivity contribution < 1.29 is 14.3 Å². The Kier molecular flexibility index (Phi) is 3.78. The fraction of sp³-hybridized carbons (Fsp3) is 0.385. The number of methoxy groups -OCH3 is 1. The fourth-order valence-electron chi connectivity index (χ4n) is 2.08. The highest BCUT2D eigenvalue weighted by Crippen LogP contribution is 2.31. The lowest BCUT2D eigenvalue weighted by atomic mass is 10.2. The SMILES string of the molecule is COc1ccc(C)cc1-n1nnnc1S[C@H]1CCOC1=O. The normalized spacial score (nSPS) is 17.8. The number of esters is 1. The van der Waals surface area contributed by atoms with Crippen molar-refractivity contribution in [2.24, 2.45) is 0 Å². The molecule has 21 heavy (non-hydrogen) atoms. The highest BCUT2D eigenvalue weighted by molar-refractivity contribution is 8.00. The molecule has 0 unspecified atom stereocenters. The molecule has 0 saturated carbocycles. The van der Waals surface area contributed by atoms with Crippen molar-refractivity contribution >= 4 is 17.7 Å². The van der Waals surface area contributed by atoms with Crippen LogP contribution in [0.2, 0.25) is 0 Å². The number of aryl methyl sites for hydroxylation is 1. The topological polar surface area (TPSA) is 79.1 Å². The van der Waals surface area contributed by atoms with E-state index in [1.54, 1.807) is 11.8 Å². The Bertz CT molecular complexity index is 673. The third kappa shape index (κ3) is 2.71. The van der Waals surface area contributed by atoms with Gasteiger partial charge in [-0.1, -0.05) is 17.8 Å². The predicted octanol–water partition coefficient (Wildman–Crippen LogP) is 1.39. The monoisotopic (exact) mass is 306 g/mol. The van der Waals surface area contributed by atoms with Crippen LogP contribution in [-0.2, 0) is 9.53 Å². The molecule has 1 saturated heterocycles. The highest BCUT2D eigenvalue weighted by Gasteiger charge is 2.30. The van der Waals surface area contributed by atoms with Gasteiger partial charge in [0.2, 0.25) is 5.16 Å². The van der Waals surface area contributed by atoms with Crippen LogP contribution in [0, 0.1) is 6.92 Å². The van der Waals surface area contributed by atoms with Crippen LogP contribution in [0.5, 0.6) is 5.75 Å². The van der Waals surface area contributed by atoms with E-state index in [0.29, 0.717) is 23.9 Å². The number of benzene rings is 1. The van der Waals surface area contributed by atoms with E-state index in [-0.39, 0.29) is 11.2 Å². The molecule has 1 aliphatic heterocycles.